The van der Waals surface area contributed by atoms with Gasteiger partial charge in [-0.2, -0.15) is 0 Å². The summed E-state index contributed by atoms with van der Waals surface area (Å²) in [5, 5.41) is 0. The van der Waals surface area contributed by atoms with E-state index in [0.29, 0.717) is 0 Å². The zero-order valence-electron chi connectivity index (χ0n) is 15.0. The molecule has 0 aliphatic rings. The van der Waals surface area contributed by atoms with E-state index >= 15 is 0 Å². The third kappa shape index (κ3) is 11.5. The number of halogens is 1. The van der Waals surface area contributed by atoms with Crippen LogP contribution in [0, 0.1) is 0 Å². The predicted octanol–water partition coefficient (Wildman–Crippen LogP) is 2.80. The second kappa shape index (κ2) is 13.4. The average Bonchev–Trinajstić information content (AvgIpc) is 2.46. The van der Waals surface area contributed by atoms with Gasteiger partial charge in [-0.15, -0.1) is 0 Å². The van der Waals surface area contributed by atoms with E-state index in [9.17, 15) is 0 Å². The van der Waals surface area contributed by atoms with Crippen molar-refractivity contribution >= 4 is 0 Å². The van der Waals surface area contributed by atoms with E-state index in [-0.39, 0.29) is 24.0 Å². The number of rotatable bonds is 12. The van der Waals surface area contributed by atoms with Crippen molar-refractivity contribution in [3.05, 3.63) is 35.9 Å². The quantitative estimate of drug-likeness (QED) is 0.279. The van der Waals surface area contributed by atoms with E-state index < -0.39 is 0 Å². The second-order valence-electron chi connectivity index (χ2n) is 7.13. The van der Waals surface area contributed by atoms with Gasteiger partial charge >= 0.3 is 0 Å². The number of benzene rings is 1. The Morgan fingerprint density at radius 1 is 0.727 bits per heavy atom. The molecule has 0 unspecified atom stereocenters. The normalized spacial score (nSPS) is 11.2. The molecule has 1 aromatic rings. The molecule has 0 spiro atoms. The van der Waals surface area contributed by atoms with Crippen molar-refractivity contribution in [1.82, 2.24) is 0 Å². The lowest BCUT2D eigenvalue weighted by atomic mass is 10.1. The van der Waals surface area contributed by atoms with Gasteiger partial charge in [0.25, 0.3) is 0 Å². The maximum Gasteiger partial charge on any atom is 0.104 e. The molecule has 0 N–H and O–H groups in total. The summed E-state index contributed by atoms with van der Waals surface area (Å²) in [4.78, 5) is 0. The summed E-state index contributed by atoms with van der Waals surface area (Å²) >= 11 is 0. The van der Waals surface area contributed by atoms with Crippen LogP contribution >= 0.6 is 0 Å². The SMILES string of the molecule is CCCCCCCCCCC[N+](C)(C)Cc1ccccc1.[I-]. The highest BCUT2D eigenvalue weighted by Crippen LogP contribution is 2.13. The third-order valence-electron chi connectivity index (χ3n) is 4.32. The van der Waals surface area contributed by atoms with Gasteiger partial charge in [0, 0.05) is 5.56 Å². The Morgan fingerprint density at radius 3 is 1.77 bits per heavy atom. The molecule has 1 rings (SSSR count). The minimum atomic E-state index is 0. The summed E-state index contributed by atoms with van der Waals surface area (Å²) in [6.45, 7) is 4.73. The van der Waals surface area contributed by atoms with Gasteiger partial charge in [0.05, 0.1) is 20.6 Å². The minimum Gasteiger partial charge on any atom is -1.00 e. The summed E-state index contributed by atoms with van der Waals surface area (Å²) in [5.41, 5.74) is 1.46. The molecular formula is C20H36IN. The Balaban J connectivity index is 0.00000441. The first-order valence-electron chi connectivity index (χ1n) is 9.00. The van der Waals surface area contributed by atoms with Crippen molar-refractivity contribution in [2.45, 2.75) is 71.3 Å². The second-order valence-corrected chi connectivity index (χ2v) is 7.13. The van der Waals surface area contributed by atoms with Gasteiger partial charge in [-0.25, -0.2) is 0 Å². The summed E-state index contributed by atoms with van der Waals surface area (Å²) in [6.07, 6.45) is 12.8. The van der Waals surface area contributed by atoms with E-state index in [0.717, 1.165) is 11.0 Å². The molecule has 0 aliphatic carbocycles. The summed E-state index contributed by atoms with van der Waals surface area (Å²) < 4.78 is 1.11. The maximum absolute atomic E-state index is 2.36. The molecule has 0 heterocycles. The predicted molar refractivity (Wildman–Crippen MR) is 94.3 cm³/mol. The van der Waals surface area contributed by atoms with Crippen molar-refractivity contribution in [2.24, 2.45) is 0 Å². The van der Waals surface area contributed by atoms with Crippen LogP contribution in [0.3, 0.4) is 0 Å². The molecule has 1 nitrogen and oxygen atoms in total. The topological polar surface area (TPSA) is 0 Å². The number of hydrogen-bond acceptors (Lipinski definition) is 0. The third-order valence-corrected chi connectivity index (χ3v) is 4.32. The minimum absolute atomic E-state index is 0. The first-order chi connectivity index (χ1) is 10.1. The zero-order chi connectivity index (χ0) is 15.4. The Bertz CT molecular complexity index is 348. The van der Waals surface area contributed by atoms with Crippen LogP contribution < -0.4 is 24.0 Å². The van der Waals surface area contributed by atoms with Crippen LogP contribution in [0.1, 0.15) is 70.3 Å². The van der Waals surface area contributed by atoms with Crippen molar-refractivity contribution in [2.75, 3.05) is 20.6 Å². The molecule has 0 amide bonds. The smallest absolute Gasteiger partial charge is 0.104 e. The van der Waals surface area contributed by atoms with E-state index in [4.69, 9.17) is 0 Å². The van der Waals surface area contributed by atoms with Crippen LogP contribution in [0.2, 0.25) is 0 Å². The van der Waals surface area contributed by atoms with Crippen LogP contribution in [0.15, 0.2) is 30.3 Å². The lowest BCUT2D eigenvalue weighted by molar-refractivity contribution is -0.903. The first kappa shape index (κ1) is 21.9. The lowest BCUT2D eigenvalue weighted by Gasteiger charge is -2.30. The molecular weight excluding hydrogens is 381 g/mol. The molecule has 0 aliphatic heterocycles. The van der Waals surface area contributed by atoms with Gasteiger partial charge in [0.1, 0.15) is 6.54 Å². The van der Waals surface area contributed by atoms with Crippen LogP contribution in [-0.2, 0) is 6.54 Å². The van der Waals surface area contributed by atoms with Gasteiger partial charge in [-0.05, 0) is 12.8 Å². The highest BCUT2D eigenvalue weighted by atomic mass is 127. The van der Waals surface area contributed by atoms with E-state index in [1.807, 2.05) is 0 Å². The maximum atomic E-state index is 2.36. The fourth-order valence-electron chi connectivity index (χ4n) is 3.01. The molecule has 2 heteroatoms. The van der Waals surface area contributed by atoms with Crippen molar-refractivity contribution in [1.29, 1.82) is 0 Å². The molecule has 128 valence electrons. The fraction of sp³-hybridized carbons (Fsp3) is 0.700. The van der Waals surface area contributed by atoms with E-state index in [1.165, 1.54) is 69.9 Å². The molecule has 0 saturated heterocycles. The van der Waals surface area contributed by atoms with Crippen LogP contribution in [-0.4, -0.2) is 25.1 Å². The fourth-order valence-corrected chi connectivity index (χ4v) is 3.01. The van der Waals surface area contributed by atoms with Gasteiger partial charge in [0.2, 0.25) is 0 Å². The molecule has 1 aromatic carbocycles. The summed E-state index contributed by atoms with van der Waals surface area (Å²) in [5.74, 6) is 0. The van der Waals surface area contributed by atoms with Gasteiger partial charge in [-0.1, -0.05) is 82.2 Å². The van der Waals surface area contributed by atoms with E-state index in [1.54, 1.807) is 0 Å². The molecule has 22 heavy (non-hydrogen) atoms. The first-order valence-corrected chi connectivity index (χ1v) is 9.00. The Morgan fingerprint density at radius 2 is 1.23 bits per heavy atom. The monoisotopic (exact) mass is 417 g/mol. The Labute approximate surface area is 156 Å². The number of unbranched alkanes of at least 4 members (excludes halogenated alkanes) is 8. The highest BCUT2D eigenvalue weighted by Gasteiger charge is 2.14. The Kier molecular flexibility index (Phi) is 13.3. The van der Waals surface area contributed by atoms with Crippen molar-refractivity contribution < 1.29 is 28.5 Å². The molecule has 0 fully saturated rings. The Hall–Kier alpha value is -0.0900. The lowest BCUT2D eigenvalue weighted by Crippen LogP contribution is -3.00. The van der Waals surface area contributed by atoms with Gasteiger partial charge < -0.3 is 28.5 Å². The number of nitrogens with zero attached hydrogens (tertiary/aromatic N) is 1. The molecule has 0 saturated carbocycles. The molecule has 0 bridgehead atoms. The zero-order valence-corrected chi connectivity index (χ0v) is 17.1. The van der Waals surface area contributed by atoms with Gasteiger partial charge in [0.15, 0.2) is 0 Å². The largest absolute Gasteiger partial charge is 1.00 e. The summed E-state index contributed by atoms with van der Waals surface area (Å²) in [7, 11) is 4.72. The van der Waals surface area contributed by atoms with Crippen molar-refractivity contribution in [3.8, 4) is 0 Å². The van der Waals surface area contributed by atoms with Gasteiger partial charge in [-0.3, -0.25) is 0 Å². The number of hydrogen-bond donors (Lipinski definition) is 0. The molecule has 0 atom stereocenters. The van der Waals surface area contributed by atoms with Crippen molar-refractivity contribution in [3.63, 3.8) is 0 Å². The number of quaternary nitrogens is 1. The summed E-state index contributed by atoms with van der Waals surface area (Å²) in [6, 6.07) is 10.9. The van der Waals surface area contributed by atoms with E-state index in [2.05, 4.69) is 51.4 Å². The average molecular weight is 417 g/mol. The standard InChI is InChI=1S/C20H36N.HI/c1-4-5-6-7-8-9-10-11-15-18-21(2,3)19-20-16-13-12-14-17-20;/h12-14,16-17H,4-11,15,18-19H2,1-3H3;1H/q+1;/p-1. The molecule has 0 aromatic heterocycles. The highest BCUT2D eigenvalue weighted by molar-refractivity contribution is 5.13. The van der Waals surface area contributed by atoms with Crippen LogP contribution in [0.5, 0.6) is 0 Å². The van der Waals surface area contributed by atoms with Crippen LogP contribution in [0.4, 0.5) is 0 Å². The molecule has 0 radical (unpaired) electrons. The van der Waals surface area contributed by atoms with Crippen LogP contribution in [0.25, 0.3) is 0 Å².